The summed E-state index contributed by atoms with van der Waals surface area (Å²) in [7, 11) is 0. The third-order valence-corrected chi connectivity index (χ3v) is 1.82. The number of nitro benzene ring substituents is 1. The SMILES string of the molecule is [N-]=[N+]=NCC=Cc1cc(F)c(O)c([N+](=O)[O-])c1. The average Bonchev–Trinajstić information content (AvgIpc) is 2.28. The minimum atomic E-state index is -1.08. The van der Waals surface area contributed by atoms with Gasteiger partial charge in [-0.1, -0.05) is 17.3 Å². The van der Waals surface area contributed by atoms with E-state index in [0.717, 1.165) is 12.1 Å². The zero-order chi connectivity index (χ0) is 12.8. The minimum absolute atomic E-state index is 0.0484. The molecule has 0 aromatic heterocycles. The quantitative estimate of drug-likeness (QED) is 0.286. The normalized spacial score (nSPS) is 10.2. The van der Waals surface area contributed by atoms with Gasteiger partial charge in [0.1, 0.15) is 0 Å². The van der Waals surface area contributed by atoms with Crippen LogP contribution in [0.3, 0.4) is 0 Å². The predicted octanol–water partition coefficient (Wildman–Crippen LogP) is 2.76. The Hall–Kier alpha value is -2.60. The molecule has 0 saturated heterocycles. The molecule has 0 aliphatic rings. The topological polar surface area (TPSA) is 112 Å². The first-order valence-electron chi connectivity index (χ1n) is 4.40. The van der Waals surface area contributed by atoms with Gasteiger partial charge in [0.2, 0.25) is 5.75 Å². The Labute approximate surface area is 94.6 Å². The van der Waals surface area contributed by atoms with Gasteiger partial charge in [-0.15, -0.1) is 0 Å². The second-order valence-electron chi connectivity index (χ2n) is 2.94. The zero-order valence-electron chi connectivity index (χ0n) is 8.45. The van der Waals surface area contributed by atoms with Gasteiger partial charge < -0.3 is 5.11 Å². The Bertz CT molecular complexity index is 523. The maximum absolute atomic E-state index is 13.1. The van der Waals surface area contributed by atoms with E-state index in [0.29, 0.717) is 0 Å². The number of aromatic hydroxyl groups is 1. The lowest BCUT2D eigenvalue weighted by Gasteiger charge is -1.99. The Balaban J connectivity index is 3.06. The summed E-state index contributed by atoms with van der Waals surface area (Å²) in [5, 5.41) is 22.8. The molecule has 0 fully saturated rings. The largest absolute Gasteiger partial charge is 0.500 e. The molecular formula is C9H7FN4O3. The van der Waals surface area contributed by atoms with Crippen LogP contribution in [0, 0.1) is 15.9 Å². The van der Waals surface area contributed by atoms with Crippen LogP contribution in [-0.2, 0) is 0 Å². The lowest BCUT2D eigenvalue weighted by molar-refractivity contribution is -0.386. The monoisotopic (exact) mass is 238 g/mol. The van der Waals surface area contributed by atoms with Crippen LogP contribution in [0.15, 0.2) is 23.3 Å². The van der Waals surface area contributed by atoms with Crippen LogP contribution in [0.5, 0.6) is 5.75 Å². The highest BCUT2D eigenvalue weighted by molar-refractivity contribution is 5.59. The van der Waals surface area contributed by atoms with E-state index in [9.17, 15) is 14.5 Å². The summed E-state index contributed by atoms with van der Waals surface area (Å²) in [6, 6.07) is 1.96. The zero-order valence-corrected chi connectivity index (χ0v) is 8.45. The van der Waals surface area contributed by atoms with Crippen LogP contribution in [0.2, 0.25) is 0 Å². The molecule has 0 spiro atoms. The van der Waals surface area contributed by atoms with Crippen LogP contribution in [0.25, 0.3) is 16.5 Å². The second-order valence-corrected chi connectivity index (χ2v) is 2.94. The van der Waals surface area contributed by atoms with Crippen molar-refractivity contribution in [3.8, 4) is 5.75 Å². The smallest absolute Gasteiger partial charge is 0.314 e. The number of hydrogen-bond donors (Lipinski definition) is 1. The van der Waals surface area contributed by atoms with Crippen LogP contribution >= 0.6 is 0 Å². The van der Waals surface area contributed by atoms with E-state index in [2.05, 4.69) is 10.0 Å². The van der Waals surface area contributed by atoms with E-state index >= 15 is 0 Å². The summed E-state index contributed by atoms with van der Waals surface area (Å²) in [6.45, 7) is 0.0484. The molecule has 0 saturated carbocycles. The minimum Gasteiger partial charge on any atom is -0.500 e. The van der Waals surface area contributed by atoms with Gasteiger partial charge in [0.15, 0.2) is 5.82 Å². The van der Waals surface area contributed by atoms with E-state index in [-0.39, 0.29) is 12.1 Å². The second kappa shape index (κ2) is 5.47. The van der Waals surface area contributed by atoms with Gasteiger partial charge in [-0.2, -0.15) is 0 Å². The van der Waals surface area contributed by atoms with Crippen molar-refractivity contribution in [2.45, 2.75) is 0 Å². The molecule has 1 rings (SSSR count). The van der Waals surface area contributed by atoms with Gasteiger partial charge in [-0.05, 0) is 17.2 Å². The summed E-state index contributed by atoms with van der Waals surface area (Å²) in [5.74, 6) is -2.08. The van der Waals surface area contributed by atoms with Crippen LogP contribution in [0.4, 0.5) is 10.1 Å². The van der Waals surface area contributed by atoms with Crippen molar-refractivity contribution < 1.29 is 14.4 Å². The number of phenols is 1. The molecule has 0 radical (unpaired) electrons. The number of rotatable bonds is 4. The molecule has 0 aliphatic carbocycles. The van der Waals surface area contributed by atoms with Gasteiger partial charge in [-0.3, -0.25) is 10.1 Å². The number of nitro groups is 1. The highest BCUT2D eigenvalue weighted by Gasteiger charge is 2.18. The van der Waals surface area contributed by atoms with Crippen LogP contribution < -0.4 is 0 Å². The molecule has 1 aromatic carbocycles. The van der Waals surface area contributed by atoms with Crippen molar-refractivity contribution in [2.75, 3.05) is 6.54 Å². The fraction of sp³-hybridized carbons (Fsp3) is 0.111. The number of nitrogens with zero attached hydrogens (tertiary/aromatic N) is 4. The average molecular weight is 238 g/mol. The molecule has 17 heavy (non-hydrogen) atoms. The molecule has 0 atom stereocenters. The standard InChI is InChI=1S/C9H7FN4O3/c10-7-4-6(2-1-3-12-13-11)5-8(9(7)15)14(16)17/h1-2,4-5,15H,3H2. The van der Waals surface area contributed by atoms with E-state index in [1.54, 1.807) is 0 Å². The fourth-order valence-corrected chi connectivity index (χ4v) is 1.11. The number of phenolic OH excluding ortho intramolecular Hbond substituents is 1. The number of azide groups is 1. The molecule has 1 N–H and O–H groups in total. The van der Waals surface area contributed by atoms with Crippen molar-refractivity contribution >= 4 is 11.8 Å². The highest BCUT2D eigenvalue weighted by atomic mass is 19.1. The molecule has 0 amide bonds. The summed E-state index contributed by atoms with van der Waals surface area (Å²) in [4.78, 5) is 12.1. The first kappa shape index (κ1) is 12.5. The molecule has 0 unspecified atom stereocenters. The van der Waals surface area contributed by atoms with Gasteiger partial charge in [-0.25, -0.2) is 4.39 Å². The molecule has 7 nitrogen and oxygen atoms in total. The van der Waals surface area contributed by atoms with Crippen molar-refractivity contribution in [2.24, 2.45) is 5.11 Å². The van der Waals surface area contributed by atoms with E-state index in [1.807, 2.05) is 0 Å². The Kier molecular flexibility index (Phi) is 4.02. The lowest BCUT2D eigenvalue weighted by Crippen LogP contribution is -1.92. The number of hydrogen-bond acceptors (Lipinski definition) is 4. The summed E-state index contributed by atoms with van der Waals surface area (Å²) >= 11 is 0. The highest BCUT2D eigenvalue weighted by Crippen LogP contribution is 2.30. The predicted molar refractivity (Wildman–Crippen MR) is 57.8 cm³/mol. The maximum Gasteiger partial charge on any atom is 0.314 e. The van der Waals surface area contributed by atoms with Gasteiger partial charge in [0.25, 0.3) is 0 Å². The van der Waals surface area contributed by atoms with Gasteiger partial charge >= 0.3 is 5.69 Å². The van der Waals surface area contributed by atoms with E-state index in [1.165, 1.54) is 12.2 Å². The Morgan fingerprint density at radius 2 is 2.35 bits per heavy atom. The van der Waals surface area contributed by atoms with Gasteiger partial charge in [0.05, 0.1) is 4.92 Å². The lowest BCUT2D eigenvalue weighted by atomic mass is 10.1. The molecule has 1 aromatic rings. The summed E-state index contributed by atoms with van der Waals surface area (Å²) in [6.07, 6.45) is 2.76. The number of benzene rings is 1. The third-order valence-electron chi connectivity index (χ3n) is 1.82. The Morgan fingerprint density at radius 1 is 1.65 bits per heavy atom. The van der Waals surface area contributed by atoms with E-state index in [4.69, 9.17) is 10.6 Å². The molecule has 0 aliphatic heterocycles. The van der Waals surface area contributed by atoms with Crippen molar-refractivity contribution in [1.29, 1.82) is 0 Å². The van der Waals surface area contributed by atoms with Crippen molar-refractivity contribution in [3.63, 3.8) is 0 Å². The molecule has 0 heterocycles. The summed E-state index contributed by atoms with van der Waals surface area (Å²) < 4.78 is 13.1. The van der Waals surface area contributed by atoms with Crippen molar-refractivity contribution in [1.82, 2.24) is 0 Å². The Morgan fingerprint density at radius 3 is 2.94 bits per heavy atom. The molecule has 0 bridgehead atoms. The van der Waals surface area contributed by atoms with E-state index < -0.39 is 22.2 Å². The number of halogens is 1. The third kappa shape index (κ3) is 3.18. The van der Waals surface area contributed by atoms with Crippen molar-refractivity contribution in [3.05, 3.63) is 50.1 Å². The molecule has 8 heteroatoms. The van der Waals surface area contributed by atoms with Gasteiger partial charge in [0, 0.05) is 17.5 Å². The van der Waals surface area contributed by atoms with Crippen LogP contribution in [0.1, 0.15) is 5.56 Å². The molecular weight excluding hydrogens is 231 g/mol. The first-order valence-corrected chi connectivity index (χ1v) is 4.40. The van der Waals surface area contributed by atoms with Crippen LogP contribution in [-0.4, -0.2) is 16.6 Å². The molecule has 88 valence electrons. The fourth-order valence-electron chi connectivity index (χ4n) is 1.11. The summed E-state index contributed by atoms with van der Waals surface area (Å²) in [5.41, 5.74) is 7.48. The maximum atomic E-state index is 13.1. The first-order chi connectivity index (χ1) is 8.06.